The molecule has 0 aromatic rings. The number of carboxylic acid groups (broad SMARTS) is 1. The minimum absolute atomic E-state index is 0.165. The smallest absolute Gasteiger partial charge is 0.320 e. The predicted molar refractivity (Wildman–Crippen MR) is 51.0 cm³/mol. The molecule has 15 heavy (non-hydrogen) atoms. The number of carbonyl (C=O) groups is 2. The highest BCUT2D eigenvalue weighted by Gasteiger charge is 2.35. The van der Waals surface area contributed by atoms with E-state index >= 15 is 0 Å². The Morgan fingerprint density at radius 1 is 1.47 bits per heavy atom. The summed E-state index contributed by atoms with van der Waals surface area (Å²) in [5.41, 5.74) is 5.48. The van der Waals surface area contributed by atoms with E-state index in [1.54, 1.807) is 0 Å². The lowest BCUT2D eigenvalue weighted by molar-refractivity contribution is -0.172. The Morgan fingerprint density at radius 2 is 2.07 bits per heavy atom. The fraction of sp³-hybridized carbons (Fsp3) is 0.778. The van der Waals surface area contributed by atoms with Crippen LogP contribution < -0.4 is 5.73 Å². The molecule has 1 rings (SSSR count). The monoisotopic (exact) mass is 216 g/mol. The first-order valence-corrected chi connectivity index (χ1v) is 4.90. The van der Waals surface area contributed by atoms with E-state index in [0.29, 0.717) is 24.3 Å². The third kappa shape index (κ3) is 2.66. The van der Waals surface area contributed by atoms with Crippen molar-refractivity contribution in [1.82, 2.24) is 5.06 Å². The molecule has 1 amide bonds. The topological polar surface area (TPSA) is 104 Å². The summed E-state index contributed by atoms with van der Waals surface area (Å²) in [7, 11) is 0. The van der Waals surface area contributed by atoms with Gasteiger partial charge in [0.15, 0.2) is 0 Å². The highest BCUT2D eigenvalue weighted by atomic mass is 16.5. The summed E-state index contributed by atoms with van der Waals surface area (Å²) < 4.78 is 0. The van der Waals surface area contributed by atoms with E-state index < -0.39 is 17.9 Å². The Hall–Kier alpha value is -1.14. The van der Waals surface area contributed by atoms with Crippen LogP contribution in [-0.4, -0.2) is 39.3 Å². The number of carboxylic acids is 1. The molecule has 86 valence electrons. The van der Waals surface area contributed by atoms with E-state index in [0.717, 1.165) is 0 Å². The molecule has 0 saturated heterocycles. The summed E-state index contributed by atoms with van der Waals surface area (Å²) in [6.07, 6.45) is 1.67. The van der Waals surface area contributed by atoms with Crippen LogP contribution in [0.5, 0.6) is 0 Å². The number of aliphatic carboxylic acids is 1. The van der Waals surface area contributed by atoms with Gasteiger partial charge in [-0.2, -0.15) is 0 Å². The van der Waals surface area contributed by atoms with Crippen molar-refractivity contribution in [2.24, 2.45) is 11.7 Å². The van der Waals surface area contributed by atoms with Gasteiger partial charge in [-0.1, -0.05) is 0 Å². The van der Waals surface area contributed by atoms with E-state index in [1.165, 1.54) is 6.92 Å². The van der Waals surface area contributed by atoms with Gasteiger partial charge in [-0.05, 0) is 25.2 Å². The summed E-state index contributed by atoms with van der Waals surface area (Å²) in [5.74, 6) is -1.63. The number of hydroxylamine groups is 2. The molecular weight excluding hydrogens is 200 g/mol. The van der Waals surface area contributed by atoms with Crippen molar-refractivity contribution in [2.75, 3.05) is 0 Å². The third-order valence-electron chi connectivity index (χ3n) is 2.91. The third-order valence-corrected chi connectivity index (χ3v) is 2.91. The molecule has 0 aromatic heterocycles. The maximum absolute atomic E-state index is 10.9. The Labute approximate surface area is 87.6 Å². The maximum atomic E-state index is 10.9. The van der Waals surface area contributed by atoms with E-state index in [-0.39, 0.29) is 12.0 Å². The summed E-state index contributed by atoms with van der Waals surface area (Å²) in [4.78, 5) is 21.5. The van der Waals surface area contributed by atoms with Gasteiger partial charge in [0.05, 0.1) is 6.04 Å². The average molecular weight is 216 g/mol. The SMILES string of the molecule is CC(=O)N(O)[C@H]1CC[C@@H](C(N)C(=O)O)C1. The summed E-state index contributed by atoms with van der Waals surface area (Å²) in [5, 5.41) is 18.7. The second-order valence-electron chi connectivity index (χ2n) is 3.95. The first kappa shape index (κ1) is 11.9. The number of amides is 1. The van der Waals surface area contributed by atoms with Gasteiger partial charge < -0.3 is 10.8 Å². The van der Waals surface area contributed by atoms with E-state index in [4.69, 9.17) is 10.8 Å². The second kappa shape index (κ2) is 4.59. The molecule has 1 fully saturated rings. The second-order valence-corrected chi connectivity index (χ2v) is 3.95. The lowest BCUT2D eigenvalue weighted by Crippen LogP contribution is -2.39. The van der Waals surface area contributed by atoms with Crippen LogP contribution in [0.15, 0.2) is 0 Å². The van der Waals surface area contributed by atoms with Gasteiger partial charge in [-0.3, -0.25) is 14.8 Å². The number of hydrogen-bond acceptors (Lipinski definition) is 4. The highest BCUT2D eigenvalue weighted by molar-refractivity contribution is 5.74. The zero-order chi connectivity index (χ0) is 11.6. The molecule has 3 atom stereocenters. The first-order valence-electron chi connectivity index (χ1n) is 4.90. The average Bonchev–Trinajstić information content (AvgIpc) is 2.63. The fourth-order valence-corrected chi connectivity index (χ4v) is 2.00. The molecule has 6 heteroatoms. The minimum atomic E-state index is -1.03. The molecule has 0 heterocycles. The van der Waals surface area contributed by atoms with Crippen molar-refractivity contribution < 1.29 is 19.9 Å². The molecule has 1 aliphatic rings. The zero-order valence-electron chi connectivity index (χ0n) is 8.59. The maximum Gasteiger partial charge on any atom is 0.320 e. The molecule has 0 aromatic carbocycles. The Bertz CT molecular complexity index is 243. The van der Waals surface area contributed by atoms with E-state index in [9.17, 15) is 14.8 Å². The van der Waals surface area contributed by atoms with Gasteiger partial charge in [0.1, 0.15) is 6.04 Å². The van der Waals surface area contributed by atoms with Crippen molar-refractivity contribution in [3.05, 3.63) is 0 Å². The molecule has 0 bridgehead atoms. The Morgan fingerprint density at radius 3 is 2.53 bits per heavy atom. The molecule has 0 radical (unpaired) electrons. The van der Waals surface area contributed by atoms with Gasteiger partial charge in [-0.15, -0.1) is 0 Å². The zero-order valence-corrected chi connectivity index (χ0v) is 8.59. The number of nitrogens with two attached hydrogens (primary N) is 1. The van der Waals surface area contributed by atoms with Gasteiger partial charge in [0, 0.05) is 6.92 Å². The van der Waals surface area contributed by atoms with Crippen LogP contribution in [0.25, 0.3) is 0 Å². The largest absolute Gasteiger partial charge is 0.480 e. The van der Waals surface area contributed by atoms with Gasteiger partial charge in [-0.25, -0.2) is 5.06 Å². The number of hydrogen-bond donors (Lipinski definition) is 3. The van der Waals surface area contributed by atoms with Crippen LogP contribution in [0, 0.1) is 5.92 Å². The highest BCUT2D eigenvalue weighted by Crippen LogP contribution is 2.30. The van der Waals surface area contributed by atoms with Gasteiger partial charge in [0.2, 0.25) is 5.91 Å². The van der Waals surface area contributed by atoms with E-state index in [2.05, 4.69) is 0 Å². The molecule has 1 saturated carbocycles. The fourth-order valence-electron chi connectivity index (χ4n) is 2.00. The van der Waals surface area contributed by atoms with Crippen molar-refractivity contribution >= 4 is 11.9 Å². The van der Waals surface area contributed by atoms with Gasteiger partial charge >= 0.3 is 5.97 Å². The molecule has 0 aliphatic heterocycles. The summed E-state index contributed by atoms with van der Waals surface area (Å²) in [6, 6.07) is -1.20. The molecule has 4 N–H and O–H groups in total. The lowest BCUT2D eigenvalue weighted by Gasteiger charge is -2.21. The van der Waals surface area contributed by atoms with Crippen molar-refractivity contribution in [3.63, 3.8) is 0 Å². The predicted octanol–water partition coefficient (Wildman–Crippen LogP) is -0.195. The molecule has 1 aliphatic carbocycles. The van der Waals surface area contributed by atoms with Crippen LogP contribution in [0.3, 0.4) is 0 Å². The van der Waals surface area contributed by atoms with Crippen molar-refractivity contribution in [2.45, 2.75) is 38.3 Å². The van der Waals surface area contributed by atoms with Crippen LogP contribution in [0.1, 0.15) is 26.2 Å². The lowest BCUT2D eigenvalue weighted by atomic mass is 9.99. The molecule has 1 unspecified atom stereocenters. The van der Waals surface area contributed by atoms with Gasteiger partial charge in [0.25, 0.3) is 0 Å². The van der Waals surface area contributed by atoms with Crippen LogP contribution in [0.2, 0.25) is 0 Å². The molecule has 0 spiro atoms. The van der Waals surface area contributed by atoms with Crippen molar-refractivity contribution in [3.8, 4) is 0 Å². The Balaban J connectivity index is 2.52. The molecule has 6 nitrogen and oxygen atoms in total. The summed E-state index contributed by atoms with van der Waals surface area (Å²) in [6.45, 7) is 1.27. The molecular formula is C9H16N2O4. The minimum Gasteiger partial charge on any atom is -0.480 e. The standard InChI is InChI=1S/C9H16N2O4/c1-5(12)11(15)7-3-2-6(4-7)8(10)9(13)14/h6-8,15H,2-4,10H2,1H3,(H,13,14)/t6-,7+,8?/m1/s1. The number of rotatable bonds is 3. The normalized spacial score (nSPS) is 27.4. The number of carbonyl (C=O) groups excluding carboxylic acids is 1. The summed E-state index contributed by atoms with van der Waals surface area (Å²) >= 11 is 0. The first-order chi connectivity index (χ1) is 6.93. The van der Waals surface area contributed by atoms with E-state index in [1.807, 2.05) is 0 Å². The van der Waals surface area contributed by atoms with Crippen LogP contribution >= 0.6 is 0 Å². The Kier molecular flexibility index (Phi) is 3.65. The van der Waals surface area contributed by atoms with Crippen molar-refractivity contribution in [1.29, 1.82) is 0 Å². The number of nitrogens with zero attached hydrogens (tertiary/aromatic N) is 1. The quantitative estimate of drug-likeness (QED) is 0.448. The van der Waals surface area contributed by atoms with Crippen LogP contribution in [0.4, 0.5) is 0 Å². The van der Waals surface area contributed by atoms with Crippen LogP contribution in [-0.2, 0) is 9.59 Å².